The third-order valence-electron chi connectivity index (χ3n) is 6.84. The van der Waals surface area contributed by atoms with Crippen molar-refractivity contribution in [1.29, 1.82) is 0 Å². The van der Waals surface area contributed by atoms with Gasteiger partial charge in [-0.2, -0.15) is 0 Å². The van der Waals surface area contributed by atoms with Gasteiger partial charge in [0.1, 0.15) is 5.82 Å². The van der Waals surface area contributed by atoms with E-state index in [9.17, 15) is 9.18 Å². The van der Waals surface area contributed by atoms with Crippen molar-refractivity contribution in [2.24, 2.45) is 23.7 Å². The van der Waals surface area contributed by atoms with Gasteiger partial charge in [-0.25, -0.2) is 4.39 Å². The van der Waals surface area contributed by atoms with E-state index in [-0.39, 0.29) is 11.7 Å². The van der Waals surface area contributed by atoms with Gasteiger partial charge < -0.3 is 9.80 Å². The van der Waals surface area contributed by atoms with Crippen molar-refractivity contribution in [3.63, 3.8) is 0 Å². The lowest BCUT2D eigenvalue weighted by Crippen LogP contribution is -2.42. The number of rotatable bonds is 6. The first-order chi connectivity index (χ1) is 13.1. The number of carbonyl (C=O) groups is 1. The van der Waals surface area contributed by atoms with E-state index in [1.807, 2.05) is 24.1 Å². The lowest BCUT2D eigenvalue weighted by molar-refractivity contribution is -0.135. The van der Waals surface area contributed by atoms with Gasteiger partial charge in [0.2, 0.25) is 5.91 Å². The predicted octanol–water partition coefficient (Wildman–Crippen LogP) is 3.75. The molecule has 0 N–H and O–H groups in total. The fraction of sp³-hybridized carbons (Fsp3) is 0.609. The van der Waals surface area contributed by atoms with Crippen molar-refractivity contribution in [1.82, 2.24) is 9.80 Å². The Morgan fingerprint density at radius 3 is 2.52 bits per heavy atom. The summed E-state index contributed by atoms with van der Waals surface area (Å²) in [5, 5.41) is 0. The van der Waals surface area contributed by atoms with Crippen LogP contribution in [0.3, 0.4) is 0 Å². The number of carbonyl (C=O) groups excluding carboxylic acids is 1. The lowest BCUT2D eigenvalue weighted by atomic mass is 9.91. The second-order valence-electron chi connectivity index (χ2n) is 8.77. The summed E-state index contributed by atoms with van der Waals surface area (Å²) in [5.74, 6) is 2.21. The van der Waals surface area contributed by atoms with Gasteiger partial charge in [-0.15, -0.1) is 0 Å². The van der Waals surface area contributed by atoms with Gasteiger partial charge in [-0.05, 0) is 80.6 Å². The van der Waals surface area contributed by atoms with Crippen LogP contribution in [0.4, 0.5) is 4.39 Å². The van der Waals surface area contributed by atoms with Crippen LogP contribution in [0.1, 0.15) is 31.2 Å². The van der Waals surface area contributed by atoms with Crippen LogP contribution < -0.4 is 0 Å². The molecule has 1 saturated carbocycles. The zero-order valence-electron chi connectivity index (χ0n) is 16.3. The van der Waals surface area contributed by atoms with Crippen LogP contribution in [0, 0.1) is 29.5 Å². The van der Waals surface area contributed by atoms with E-state index in [0.29, 0.717) is 23.7 Å². The van der Waals surface area contributed by atoms with Crippen LogP contribution in [0.5, 0.6) is 0 Å². The molecule has 0 spiro atoms. The largest absolute Gasteiger partial charge is 0.345 e. The van der Waals surface area contributed by atoms with Crippen LogP contribution in [-0.4, -0.2) is 48.9 Å². The second-order valence-corrected chi connectivity index (χ2v) is 8.77. The minimum atomic E-state index is -0.167. The number of hydrogen-bond donors (Lipinski definition) is 0. The molecule has 0 unspecified atom stereocenters. The van der Waals surface area contributed by atoms with Crippen LogP contribution >= 0.6 is 0 Å². The zero-order chi connectivity index (χ0) is 18.8. The van der Waals surface area contributed by atoms with Gasteiger partial charge in [0.15, 0.2) is 0 Å². The molecule has 1 saturated heterocycles. The fourth-order valence-corrected chi connectivity index (χ4v) is 5.16. The van der Waals surface area contributed by atoms with E-state index in [1.165, 1.54) is 12.0 Å². The summed E-state index contributed by atoms with van der Waals surface area (Å²) in [7, 11) is 2.00. The van der Waals surface area contributed by atoms with Crippen LogP contribution in [0.15, 0.2) is 36.4 Å². The average molecular weight is 371 g/mol. The average Bonchev–Trinajstić information content (AvgIpc) is 3.31. The topological polar surface area (TPSA) is 23.6 Å². The number of nitrogens with zero attached hydrogens (tertiary/aromatic N) is 2. The van der Waals surface area contributed by atoms with Gasteiger partial charge in [-0.3, -0.25) is 4.79 Å². The normalized spacial score (nSPS) is 28.0. The molecule has 146 valence electrons. The smallest absolute Gasteiger partial charge is 0.226 e. The molecule has 1 aliphatic heterocycles. The maximum absolute atomic E-state index is 13.0. The molecule has 0 aromatic heterocycles. The molecule has 1 heterocycles. The molecule has 2 bridgehead atoms. The lowest BCUT2D eigenvalue weighted by Gasteiger charge is -2.35. The summed E-state index contributed by atoms with van der Waals surface area (Å²) in [6.07, 6.45) is 10.1. The first-order valence-electron chi connectivity index (χ1n) is 10.5. The van der Waals surface area contributed by atoms with Crippen LogP contribution in [-0.2, 0) is 11.2 Å². The highest BCUT2D eigenvalue weighted by atomic mass is 19.1. The van der Waals surface area contributed by atoms with Crippen LogP contribution in [0.25, 0.3) is 0 Å². The van der Waals surface area contributed by atoms with Crippen LogP contribution in [0.2, 0.25) is 0 Å². The number of amides is 1. The predicted molar refractivity (Wildman–Crippen MR) is 106 cm³/mol. The summed E-state index contributed by atoms with van der Waals surface area (Å²) in [5.41, 5.74) is 1.20. The molecule has 4 rings (SSSR count). The number of halogens is 1. The van der Waals surface area contributed by atoms with Gasteiger partial charge in [0.25, 0.3) is 0 Å². The summed E-state index contributed by atoms with van der Waals surface area (Å²) in [6, 6.07) is 6.85. The Bertz CT molecular complexity index is 678. The molecule has 0 radical (unpaired) electrons. The Hall–Kier alpha value is -1.68. The number of allylic oxidation sites excluding steroid dienone is 2. The van der Waals surface area contributed by atoms with Crippen molar-refractivity contribution in [2.45, 2.75) is 32.1 Å². The van der Waals surface area contributed by atoms with Crippen molar-refractivity contribution in [3.8, 4) is 0 Å². The highest BCUT2D eigenvalue weighted by Crippen LogP contribution is 2.44. The SMILES string of the molecule is CN(CC1CCN(CCc2ccc(F)cc2)CC1)C(=O)[C@H]1C[C@@H]2C=C[C@H]1C2. The van der Waals surface area contributed by atoms with E-state index in [4.69, 9.17) is 0 Å². The van der Waals surface area contributed by atoms with E-state index < -0.39 is 0 Å². The minimum Gasteiger partial charge on any atom is -0.345 e. The van der Waals surface area contributed by atoms with Crippen molar-refractivity contribution in [2.75, 3.05) is 33.2 Å². The summed E-state index contributed by atoms with van der Waals surface area (Å²) >= 11 is 0. The van der Waals surface area contributed by atoms with E-state index >= 15 is 0 Å². The fourth-order valence-electron chi connectivity index (χ4n) is 5.16. The Kier molecular flexibility index (Phi) is 5.63. The van der Waals surface area contributed by atoms with Gasteiger partial charge in [0, 0.05) is 26.1 Å². The molecule has 27 heavy (non-hydrogen) atoms. The standard InChI is InChI=1S/C23H31FN2O/c1-25(23(27)22-15-19-2-5-20(22)14-19)16-18-9-12-26(13-10-18)11-8-17-3-6-21(24)7-4-17/h2-7,18-20,22H,8-16H2,1H3/t19-,20+,22+/m1/s1. The Labute approximate surface area is 162 Å². The Morgan fingerprint density at radius 2 is 1.89 bits per heavy atom. The zero-order valence-corrected chi connectivity index (χ0v) is 16.3. The first-order valence-corrected chi connectivity index (χ1v) is 10.5. The Balaban J connectivity index is 1.18. The quantitative estimate of drug-likeness (QED) is 0.712. The molecule has 3 atom stereocenters. The maximum Gasteiger partial charge on any atom is 0.226 e. The third kappa shape index (κ3) is 4.43. The molecule has 3 aliphatic rings. The van der Waals surface area contributed by atoms with Crippen molar-refractivity contribution >= 4 is 5.91 Å². The number of likely N-dealkylation sites (tertiary alicyclic amines) is 1. The molecule has 2 aliphatic carbocycles. The molecule has 2 fully saturated rings. The monoisotopic (exact) mass is 370 g/mol. The molecule has 4 heteroatoms. The second kappa shape index (κ2) is 8.14. The van der Waals surface area contributed by atoms with Crippen molar-refractivity contribution < 1.29 is 9.18 Å². The molecular formula is C23H31FN2O. The Morgan fingerprint density at radius 1 is 1.15 bits per heavy atom. The van der Waals surface area contributed by atoms with E-state index in [0.717, 1.165) is 51.9 Å². The number of fused-ring (bicyclic) bond motifs is 2. The third-order valence-corrected chi connectivity index (χ3v) is 6.84. The molecule has 1 aromatic rings. The molecule has 1 amide bonds. The molecule has 1 aromatic carbocycles. The first kappa shape index (κ1) is 18.7. The van der Waals surface area contributed by atoms with Gasteiger partial charge in [0.05, 0.1) is 0 Å². The highest BCUT2D eigenvalue weighted by molar-refractivity contribution is 5.80. The van der Waals surface area contributed by atoms with E-state index in [2.05, 4.69) is 17.1 Å². The van der Waals surface area contributed by atoms with Gasteiger partial charge >= 0.3 is 0 Å². The number of hydrogen-bond acceptors (Lipinski definition) is 2. The van der Waals surface area contributed by atoms with Gasteiger partial charge in [-0.1, -0.05) is 24.3 Å². The maximum atomic E-state index is 13.0. The molecule has 3 nitrogen and oxygen atoms in total. The number of benzene rings is 1. The van der Waals surface area contributed by atoms with Crippen molar-refractivity contribution in [3.05, 3.63) is 47.8 Å². The minimum absolute atomic E-state index is 0.167. The summed E-state index contributed by atoms with van der Waals surface area (Å²) < 4.78 is 13.0. The summed E-state index contributed by atoms with van der Waals surface area (Å²) in [6.45, 7) is 4.14. The van der Waals surface area contributed by atoms with E-state index in [1.54, 1.807) is 12.1 Å². The number of piperidine rings is 1. The summed E-state index contributed by atoms with van der Waals surface area (Å²) in [4.78, 5) is 17.3. The highest BCUT2D eigenvalue weighted by Gasteiger charge is 2.41. The molecular weight excluding hydrogens is 339 g/mol.